The first-order valence-corrected chi connectivity index (χ1v) is 4.95. The zero-order chi connectivity index (χ0) is 11.4. The summed E-state index contributed by atoms with van der Waals surface area (Å²) in [6.07, 6.45) is 0. The SMILES string of the molecule is O=C(O)c1cc(F)c(F)cc1C#CCBr. The molecule has 0 unspecified atom stereocenters. The van der Waals surface area contributed by atoms with E-state index in [9.17, 15) is 13.6 Å². The number of alkyl halides is 1. The molecule has 1 rings (SSSR count). The molecule has 0 aliphatic heterocycles. The highest BCUT2D eigenvalue weighted by Crippen LogP contribution is 2.14. The van der Waals surface area contributed by atoms with E-state index in [1.807, 2.05) is 0 Å². The van der Waals surface area contributed by atoms with Crippen molar-refractivity contribution < 1.29 is 18.7 Å². The van der Waals surface area contributed by atoms with Gasteiger partial charge in [0.2, 0.25) is 0 Å². The Morgan fingerprint density at radius 1 is 1.40 bits per heavy atom. The van der Waals surface area contributed by atoms with E-state index in [0.29, 0.717) is 11.4 Å². The van der Waals surface area contributed by atoms with Crippen LogP contribution in [0.1, 0.15) is 15.9 Å². The topological polar surface area (TPSA) is 37.3 Å². The van der Waals surface area contributed by atoms with Gasteiger partial charge in [-0.2, -0.15) is 0 Å². The summed E-state index contributed by atoms with van der Waals surface area (Å²) in [5.41, 5.74) is -0.386. The quantitative estimate of drug-likeness (QED) is 0.631. The first-order chi connectivity index (χ1) is 7.06. The van der Waals surface area contributed by atoms with Crippen molar-refractivity contribution in [3.8, 4) is 11.8 Å². The van der Waals surface area contributed by atoms with Gasteiger partial charge < -0.3 is 5.11 Å². The third kappa shape index (κ3) is 2.77. The smallest absolute Gasteiger partial charge is 0.337 e. The van der Waals surface area contributed by atoms with E-state index in [1.165, 1.54) is 0 Å². The number of halogens is 3. The van der Waals surface area contributed by atoms with E-state index in [-0.39, 0.29) is 11.1 Å². The van der Waals surface area contributed by atoms with Crippen molar-refractivity contribution in [2.75, 3.05) is 5.33 Å². The fourth-order valence-electron chi connectivity index (χ4n) is 0.956. The van der Waals surface area contributed by atoms with Gasteiger partial charge in [-0.3, -0.25) is 0 Å². The fourth-order valence-corrected chi connectivity index (χ4v) is 1.10. The van der Waals surface area contributed by atoms with Gasteiger partial charge in [0.1, 0.15) is 0 Å². The summed E-state index contributed by atoms with van der Waals surface area (Å²) in [7, 11) is 0. The van der Waals surface area contributed by atoms with Crippen LogP contribution >= 0.6 is 15.9 Å². The maximum Gasteiger partial charge on any atom is 0.337 e. The Balaban J connectivity index is 3.34. The Morgan fingerprint density at radius 3 is 2.53 bits per heavy atom. The van der Waals surface area contributed by atoms with E-state index in [0.717, 1.165) is 6.07 Å². The molecule has 0 atom stereocenters. The van der Waals surface area contributed by atoms with E-state index >= 15 is 0 Å². The summed E-state index contributed by atoms with van der Waals surface area (Å²) in [4.78, 5) is 10.7. The molecule has 0 aliphatic rings. The van der Waals surface area contributed by atoms with Crippen LogP contribution in [-0.2, 0) is 0 Å². The number of aromatic carboxylic acids is 1. The second-order valence-corrected chi connectivity index (χ2v) is 3.11. The Hall–Kier alpha value is -1.41. The molecule has 0 spiro atoms. The number of carbonyl (C=O) groups is 1. The second-order valence-electron chi connectivity index (χ2n) is 2.55. The lowest BCUT2D eigenvalue weighted by atomic mass is 10.1. The minimum absolute atomic E-state index is 0.0409. The van der Waals surface area contributed by atoms with Crippen molar-refractivity contribution in [1.82, 2.24) is 0 Å². The summed E-state index contributed by atoms with van der Waals surface area (Å²) in [5, 5.41) is 9.04. The summed E-state index contributed by atoms with van der Waals surface area (Å²) in [6.45, 7) is 0. The van der Waals surface area contributed by atoms with Gasteiger partial charge in [-0.05, 0) is 12.1 Å². The minimum atomic E-state index is -1.34. The van der Waals surface area contributed by atoms with Crippen LogP contribution in [0.4, 0.5) is 8.78 Å². The standard InChI is InChI=1S/C10H5BrF2O2/c11-3-1-2-6-4-8(12)9(13)5-7(6)10(14)15/h4-5H,3H2,(H,14,15). The zero-order valence-corrected chi connectivity index (χ0v) is 8.94. The van der Waals surface area contributed by atoms with Crippen molar-refractivity contribution in [2.45, 2.75) is 0 Å². The second kappa shape index (κ2) is 4.89. The molecule has 0 amide bonds. The van der Waals surface area contributed by atoms with Gasteiger partial charge in [-0.15, -0.1) is 0 Å². The van der Waals surface area contributed by atoms with E-state index < -0.39 is 17.6 Å². The predicted molar refractivity (Wildman–Crippen MR) is 54.0 cm³/mol. The number of benzene rings is 1. The lowest BCUT2D eigenvalue weighted by molar-refractivity contribution is 0.0696. The van der Waals surface area contributed by atoms with Gasteiger partial charge in [0.15, 0.2) is 11.6 Å². The molecule has 0 saturated heterocycles. The van der Waals surface area contributed by atoms with Crippen molar-refractivity contribution in [2.24, 2.45) is 0 Å². The average Bonchev–Trinajstić information content (AvgIpc) is 2.19. The normalized spacial score (nSPS) is 9.27. The van der Waals surface area contributed by atoms with E-state index in [4.69, 9.17) is 5.11 Å². The highest BCUT2D eigenvalue weighted by atomic mass is 79.9. The molecule has 0 bridgehead atoms. The lowest BCUT2D eigenvalue weighted by Gasteiger charge is -2.00. The minimum Gasteiger partial charge on any atom is -0.478 e. The Labute approximate surface area is 93.0 Å². The number of rotatable bonds is 1. The van der Waals surface area contributed by atoms with E-state index in [1.54, 1.807) is 0 Å². The largest absolute Gasteiger partial charge is 0.478 e. The zero-order valence-electron chi connectivity index (χ0n) is 7.35. The Kier molecular flexibility index (Phi) is 3.81. The molecule has 0 fully saturated rings. The summed E-state index contributed by atoms with van der Waals surface area (Å²) in [6, 6.07) is 1.39. The van der Waals surface area contributed by atoms with Crippen LogP contribution in [0.5, 0.6) is 0 Å². The third-order valence-corrected chi connectivity index (χ3v) is 1.86. The molecular formula is C10H5BrF2O2. The molecular weight excluding hydrogens is 270 g/mol. The molecule has 0 saturated carbocycles. The molecule has 5 heteroatoms. The summed E-state index contributed by atoms with van der Waals surface area (Å²) < 4.78 is 25.5. The number of carboxylic acids is 1. The van der Waals surface area contributed by atoms with Crippen molar-refractivity contribution in [3.05, 3.63) is 34.9 Å². The summed E-state index contributed by atoms with van der Waals surface area (Å²) >= 11 is 3.01. The monoisotopic (exact) mass is 274 g/mol. The maximum absolute atomic E-state index is 12.8. The summed E-state index contributed by atoms with van der Waals surface area (Å²) in [5.74, 6) is 1.30. The van der Waals surface area contributed by atoms with Crippen LogP contribution in [0.2, 0.25) is 0 Å². The van der Waals surface area contributed by atoms with Gasteiger partial charge in [0.25, 0.3) is 0 Å². The molecule has 15 heavy (non-hydrogen) atoms. The molecule has 2 nitrogen and oxygen atoms in total. The molecule has 0 aliphatic carbocycles. The predicted octanol–water partition coefficient (Wildman–Crippen LogP) is 2.41. The van der Waals surface area contributed by atoms with Gasteiger partial charge in [0, 0.05) is 5.56 Å². The van der Waals surface area contributed by atoms with Crippen molar-refractivity contribution >= 4 is 21.9 Å². The van der Waals surface area contributed by atoms with Gasteiger partial charge in [-0.1, -0.05) is 27.8 Å². The highest BCUT2D eigenvalue weighted by molar-refractivity contribution is 9.09. The molecule has 1 aromatic rings. The van der Waals surface area contributed by atoms with Crippen LogP contribution in [0.25, 0.3) is 0 Å². The van der Waals surface area contributed by atoms with Crippen molar-refractivity contribution in [1.29, 1.82) is 0 Å². The average molecular weight is 275 g/mol. The first kappa shape index (κ1) is 11.7. The molecule has 0 heterocycles. The van der Waals surface area contributed by atoms with Gasteiger partial charge in [0.05, 0.1) is 10.9 Å². The lowest BCUT2D eigenvalue weighted by Crippen LogP contribution is -2.02. The van der Waals surface area contributed by atoms with Crippen LogP contribution in [-0.4, -0.2) is 16.4 Å². The third-order valence-electron chi connectivity index (χ3n) is 1.58. The number of hydrogen-bond acceptors (Lipinski definition) is 1. The van der Waals surface area contributed by atoms with Gasteiger partial charge >= 0.3 is 5.97 Å². The van der Waals surface area contributed by atoms with Crippen LogP contribution in [0, 0.1) is 23.5 Å². The number of hydrogen-bond donors (Lipinski definition) is 1. The molecule has 1 N–H and O–H groups in total. The highest BCUT2D eigenvalue weighted by Gasteiger charge is 2.13. The van der Waals surface area contributed by atoms with Crippen LogP contribution in [0.15, 0.2) is 12.1 Å². The van der Waals surface area contributed by atoms with Crippen molar-refractivity contribution in [3.63, 3.8) is 0 Å². The molecule has 1 aromatic carbocycles. The van der Waals surface area contributed by atoms with Crippen LogP contribution < -0.4 is 0 Å². The number of carboxylic acid groups (broad SMARTS) is 1. The molecule has 0 aromatic heterocycles. The first-order valence-electron chi connectivity index (χ1n) is 3.83. The maximum atomic E-state index is 12.8. The molecule has 0 radical (unpaired) electrons. The Bertz CT molecular complexity index is 460. The van der Waals surface area contributed by atoms with E-state index in [2.05, 4.69) is 27.8 Å². The van der Waals surface area contributed by atoms with Gasteiger partial charge in [-0.25, -0.2) is 13.6 Å². The Morgan fingerprint density at radius 2 is 2.00 bits per heavy atom. The fraction of sp³-hybridized carbons (Fsp3) is 0.100. The van der Waals surface area contributed by atoms with Crippen LogP contribution in [0.3, 0.4) is 0 Å². The molecule has 78 valence electrons.